The number of carbonyl (C=O) groups excluding carboxylic acids is 2. The van der Waals surface area contributed by atoms with Gasteiger partial charge in [-0.2, -0.15) is 0 Å². The Balaban J connectivity index is 1.99. The van der Waals surface area contributed by atoms with Crippen LogP contribution in [-0.2, 0) is 9.53 Å². The molecular weight excluding hydrogens is 350 g/mol. The minimum Gasteiger partial charge on any atom is -0.467 e. The summed E-state index contributed by atoms with van der Waals surface area (Å²) in [5.41, 5.74) is 1.66. The molecule has 1 saturated carbocycles. The van der Waals surface area contributed by atoms with Crippen LogP contribution in [0.25, 0.3) is 10.9 Å². The average molecular weight is 384 g/mol. The van der Waals surface area contributed by atoms with Gasteiger partial charge in [0.15, 0.2) is 5.78 Å². The lowest BCUT2D eigenvalue weighted by atomic mass is 9.90. The zero-order valence-corrected chi connectivity index (χ0v) is 17.3. The lowest BCUT2D eigenvalue weighted by Crippen LogP contribution is -2.22. The van der Waals surface area contributed by atoms with Gasteiger partial charge in [0.25, 0.3) is 0 Å². The summed E-state index contributed by atoms with van der Waals surface area (Å²) in [5.74, 6) is 0.114. The Morgan fingerprint density at radius 3 is 2.54 bits per heavy atom. The van der Waals surface area contributed by atoms with Crippen molar-refractivity contribution in [3.8, 4) is 0 Å². The normalized spacial score (nSPS) is 16.6. The van der Waals surface area contributed by atoms with Gasteiger partial charge >= 0.3 is 5.97 Å². The van der Waals surface area contributed by atoms with Crippen LogP contribution in [0.3, 0.4) is 0 Å². The lowest BCUT2D eigenvalue weighted by Gasteiger charge is -2.20. The molecule has 0 spiro atoms. The van der Waals surface area contributed by atoms with Gasteiger partial charge in [-0.3, -0.25) is 4.79 Å². The summed E-state index contributed by atoms with van der Waals surface area (Å²) < 4.78 is 7.09. The molecule has 1 atom stereocenters. The number of fused-ring (bicyclic) bond motifs is 1. The van der Waals surface area contributed by atoms with E-state index in [4.69, 9.17) is 4.74 Å². The van der Waals surface area contributed by atoms with Crippen LogP contribution in [0.4, 0.5) is 0 Å². The smallest absolute Gasteiger partial charge is 0.328 e. The highest BCUT2D eigenvalue weighted by Crippen LogP contribution is 2.32. The van der Waals surface area contributed by atoms with Crippen LogP contribution >= 0.6 is 0 Å². The maximum absolute atomic E-state index is 13.4. The number of benzene rings is 1. The van der Waals surface area contributed by atoms with Gasteiger partial charge in [0.1, 0.15) is 6.04 Å². The van der Waals surface area contributed by atoms with E-state index in [9.17, 15) is 9.59 Å². The average Bonchev–Trinajstić information content (AvgIpc) is 2.96. The fraction of sp³-hybridized carbons (Fsp3) is 0.583. The van der Waals surface area contributed by atoms with Gasteiger partial charge in [-0.15, -0.1) is 0 Å². The molecule has 0 amide bonds. The van der Waals surface area contributed by atoms with E-state index in [1.165, 1.54) is 20.0 Å². The first kappa shape index (κ1) is 20.6. The summed E-state index contributed by atoms with van der Waals surface area (Å²) in [5, 5.41) is 1.02. The molecule has 1 aliphatic carbocycles. The molecule has 0 aliphatic heterocycles. The number of ether oxygens (including phenoxy) is 1. The third-order valence-electron chi connectivity index (χ3n) is 6.12. The molecule has 0 radical (unpaired) electrons. The van der Waals surface area contributed by atoms with Crippen molar-refractivity contribution >= 4 is 22.7 Å². The predicted octanol–water partition coefficient (Wildman–Crippen LogP) is 6.09. The van der Waals surface area contributed by atoms with Crippen LogP contribution < -0.4 is 0 Å². The van der Waals surface area contributed by atoms with Crippen LogP contribution in [0.15, 0.2) is 30.5 Å². The molecule has 0 bridgehead atoms. The Morgan fingerprint density at radius 1 is 1.11 bits per heavy atom. The summed E-state index contributed by atoms with van der Waals surface area (Å²) in [4.78, 5) is 26.0. The van der Waals surface area contributed by atoms with Crippen molar-refractivity contribution in [2.45, 2.75) is 77.2 Å². The minimum absolute atomic E-state index is 0.105. The Kier molecular flexibility index (Phi) is 7.30. The van der Waals surface area contributed by atoms with Crippen molar-refractivity contribution in [1.29, 1.82) is 0 Å². The monoisotopic (exact) mass is 383 g/mol. The number of methoxy groups -OCH3 is 1. The third-order valence-corrected chi connectivity index (χ3v) is 6.12. The highest BCUT2D eigenvalue weighted by atomic mass is 16.5. The molecule has 28 heavy (non-hydrogen) atoms. The van der Waals surface area contributed by atoms with Gasteiger partial charge in [0.2, 0.25) is 0 Å². The molecule has 0 saturated heterocycles. The molecule has 3 rings (SSSR count). The second kappa shape index (κ2) is 9.90. The zero-order chi connectivity index (χ0) is 19.9. The number of Topliss-reactive ketones (excluding diaryl/α,β-unsaturated/α-hetero) is 1. The largest absolute Gasteiger partial charge is 0.467 e. The predicted molar refractivity (Wildman–Crippen MR) is 113 cm³/mol. The molecule has 1 aliphatic rings. The molecule has 2 aromatic rings. The van der Waals surface area contributed by atoms with E-state index in [2.05, 4.69) is 6.92 Å². The molecule has 1 unspecified atom stereocenters. The van der Waals surface area contributed by atoms with Crippen molar-refractivity contribution in [2.24, 2.45) is 5.92 Å². The molecule has 4 heteroatoms. The van der Waals surface area contributed by atoms with Crippen LogP contribution in [-0.4, -0.2) is 23.4 Å². The van der Waals surface area contributed by atoms with Crippen LogP contribution in [0, 0.1) is 5.92 Å². The van der Waals surface area contributed by atoms with E-state index in [1.54, 1.807) is 0 Å². The first-order valence-corrected chi connectivity index (χ1v) is 10.9. The SMILES string of the molecule is CCCCCC(C(=O)OC)n1ccc2cccc(C(=O)C3CCCCCC3)c21. The Morgan fingerprint density at radius 2 is 1.86 bits per heavy atom. The van der Waals surface area contributed by atoms with E-state index < -0.39 is 0 Å². The summed E-state index contributed by atoms with van der Waals surface area (Å²) in [6.45, 7) is 2.15. The summed E-state index contributed by atoms with van der Waals surface area (Å²) >= 11 is 0. The number of unbranched alkanes of at least 4 members (excludes halogenated alkanes) is 2. The third kappa shape index (κ3) is 4.48. The molecule has 1 fully saturated rings. The number of hydrogen-bond acceptors (Lipinski definition) is 3. The number of rotatable bonds is 8. The maximum atomic E-state index is 13.4. The quantitative estimate of drug-likeness (QED) is 0.240. The molecule has 1 heterocycles. The van der Waals surface area contributed by atoms with E-state index >= 15 is 0 Å². The molecule has 0 N–H and O–H groups in total. The molecule has 4 nitrogen and oxygen atoms in total. The number of esters is 1. The van der Waals surface area contributed by atoms with Gasteiger partial charge in [0, 0.05) is 23.1 Å². The number of para-hydroxylation sites is 1. The van der Waals surface area contributed by atoms with Crippen LogP contribution in [0.1, 0.15) is 87.5 Å². The molecule has 1 aromatic carbocycles. The Bertz CT molecular complexity index is 799. The van der Waals surface area contributed by atoms with Gasteiger partial charge in [0.05, 0.1) is 12.6 Å². The van der Waals surface area contributed by atoms with Gasteiger partial charge in [-0.1, -0.05) is 64.0 Å². The van der Waals surface area contributed by atoms with E-state index in [0.717, 1.165) is 67.8 Å². The van der Waals surface area contributed by atoms with Gasteiger partial charge < -0.3 is 9.30 Å². The second-order valence-electron chi connectivity index (χ2n) is 8.05. The van der Waals surface area contributed by atoms with Crippen LogP contribution in [0.5, 0.6) is 0 Å². The first-order valence-electron chi connectivity index (χ1n) is 10.9. The highest BCUT2D eigenvalue weighted by molar-refractivity contribution is 6.08. The van der Waals surface area contributed by atoms with Gasteiger partial charge in [-0.05, 0) is 31.4 Å². The van der Waals surface area contributed by atoms with Crippen molar-refractivity contribution < 1.29 is 14.3 Å². The standard InChI is InChI=1S/C24H33NO3/c1-3-4-7-15-21(24(27)28-2)25-17-16-18-13-10-14-20(22(18)25)23(26)19-11-8-5-6-9-12-19/h10,13-14,16-17,19,21H,3-9,11-12,15H2,1-2H3. The van der Waals surface area contributed by atoms with Crippen molar-refractivity contribution in [2.75, 3.05) is 7.11 Å². The first-order chi connectivity index (χ1) is 13.7. The summed E-state index contributed by atoms with van der Waals surface area (Å²) in [7, 11) is 1.44. The fourth-order valence-corrected chi connectivity index (χ4v) is 4.53. The highest BCUT2D eigenvalue weighted by Gasteiger charge is 2.27. The number of carbonyl (C=O) groups is 2. The molecule has 1 aromatic heterocycles. The number of nitrogens with zero attached hydrogens (tertiary/aromatic N) is 1. The van der Waals surface area contributed by atoms with Crippen molar-refractivity contribution in [1.82, 2.24) is 4.57 Å². The summed E-state index contributed by atoms with van der Waals surface area (Å²) in [6.07, 6.45) is 12.5. The van der Waals surface area contributed by atoms with E-state index in [1.807, 2.05) is 35.0 Å². The van der Waals surface area contributed by atoms with Crippen molar-refractivity contribution in [3.63, 3.8) is 0 Å². The molecular formula is C24H33NO3. The number of hydrogen-bond donors (Lipinski definition) is 0. The van der Waals surface area contributed by atoms with Crippen LogP contribution in [0.2, 0.25) is 0 Å². The number of aromatic nitrogens is 1. The molecule has 152 valence electrons. The van der Waals surface area contributed by atoms with E-state index in [0.29, 0.717) is 0 Å². The fourth-order valence-electron chi connectivity index (χ4n) is 4.53. The van der Waals surface area contributed by atoms with Crippen molar-refractivity contribution in [3.05, 3.63) is 36.0 Å². The lowest BCUT2D eigenvalue weighted by molar-refractivity contribution is -0.144. The second-order valence-corrected chi connectivity index (χ2v) is 8.05. The number of ketones is 1. The topological polar surface area (TPSA) is 48.3 Å². The van der Waals surface area contributed by atoms with Gasteiger partial charge in [-0.25, -0.2) is 4.79 Å². The minimum atomic E-state index is -0.378. The zero-order valence-electron chi connectivity index (χ0n) is 17.3. The Labute approximate surface area is 168 Å². The summed E-state index contributed by atoms with van der Waals surface area (Å²) in [6, 6.07) is 7.55. The maximum Gasteiger partial charge on any atom is 0.328 e. The van der Waals surface area contributed by atoms with E-state index in [-0.39, 0.29) is 23.7 Å². The Hall–Kier alpha value is -2.10.